The summed E-state index contributed by atoms with van der Waals surface area (Å²) in [5.41, 5.74) is 1.03. The fourth-order valence-electron chi connectivity index (χ4n) is 4.97. The number of carbonyl (C=O) groups is 3. The van der Waals surface area contributed by atoms with Gasteiger partial charge in [-0.15, -0.1) is 0 Å². The highest BCUT2D eigenvalue weighted by Crippen LogP contribution is 2.52. The highest BCUT2D eigenvalue weighted by atomic mass is 79.9. The predicted octanol–water partition coefficient (Wildman–Crippen LogP) is 4.92. The van der Waals surface area contributed by atoms with Gasteiger partial charge in [-0.3, -0.25) is 14.4 Å². The van der Waals surface area contributed by atoms with E-state index in [1.165, 1.54) is 13.3 Å². The molecule has 0 spiro atoms. The molecule has 36 heavy (non-hydrogen) atoms. The molecule has 0 aromatic heterocycles. The molecule has 1 heterocycles. The second-order valence-corrected chi connectivity index (χ2v) is 10.3. The first kappa shape index (κ1) is 24.8. The summed E-state index contributed by atoms with van der Waals surface area (Å²) in [6, 6.07) is 8.24. The minimum atomic E-state index is -0.405. The van der Waals surface area contributed by atoms with Crippen molar-refractivity contribution >= 4 is 68.8 Å². The molecular formula is C25H20BrCl2N3O5. The molecule has 0 unspecified atom stereocenters. The first-order chi connectivity index (χ1) is 17.3. The number of hydrogen-bond acceptors (Lipinski definition) is 6. The van der Waals surface area contributed by atoms with Crippen LogP contribution in [0.1, 0.15) is 12.0 Å². The number of ether oxygens (including phenoxy) is 2. The molecule has 2 aromatic carbocycles. The van der Waals surface area contributed by atoms with Gasteiger partial charge in [-0.05, 0) is 64.5 Å². The van der Waals surface area contributed by atoms with E-state index in [-0.39, 0.29) is 58.6 Å². The zero-order valence-electron chi connectivity index (χ0n) is 18.9. The maximum absolute atomic E-state index is 12.9. The van der Waals surface area contributed by atoms with Gasteiger partial charge in [0, 0.05) is 20.7 Å². The summed E-state index contributed by atoms with van der Waals surface area (Å²) in [5.74, 6) is -1.02. The Kier molecular flexibility index (Phi) is 6.80. The molecule has 8 nitrogen and oxygen atoms in total. The number of imide groups is 1. The number of nitrogens with zero attached hydrogens (tertiary/aromatic N) is 2. The van der Waals surface area contributed by atoms with Gasteiger partial charge in [0.15, 0.2) is 18.1 Å². The normalized spacial score (nSPS) is 24.1. The minimum absolute atomic E-state index is 0.103. The van der Waals surface area contributed by atoms with Crippen molar-refractivity contribution in [3.63, 3.8) is 0 Å². The number of fused-ring (bicyclic) bond motifs is 5. The molecule has 3 amide bonds. The van der Waals surface area contributed by atoms with Gasteiger partial charge in [0.05, 0.1) is 25.2 Å². The minimum Gasteiger partial charge on any atom is -0.493 e. The molecule has 1 saturated heterocycles. The number of allylic oxidation sites excluding steroid dienone is 2. The lowest BCUT2D eigenvalue weighted by Crippen LogP contribution is -2.28. The van der Waals surface area contributed by atoms with Crippen LogP contribution in [0, 0.1) is 23.7 Å². The number of benzene rings is 2. The smallest absolute Gasteiger partial charge is 0.262 e. The summed E-state index contributed by atoms with van der Waals surface area (Å²) in [7, 11) is 1.43. The topological polar surface area (TPSA) is 97.3 Å². The molecule has 4 atom stereocenters. The van der Waals surface area contributed by atoms with Gasteiger partial charge in [-0.2, -0.15) is 10.1 Å². The monoisotopic (exact) mass is 591 g/mol. The Morgan fingerprint density at radius 3 is 2.42 bits per heavy atom. The molecule has 1 N–H and O–H groups in total. The summed E-state index contributed by atoms with van der Waals surface area (Å²) in [6.07, 6.45) is 6.28. The number of nitrogens with one attached hydrogen (secondary N) is 1. The summed E-state index contributed by atoms with van der Waals surface area (Å²) in [6.45, 7) is -0.325. The van der Waals surface area contributed by atoms with Gasteiger partial charge in [0.25, 0.3) is 17.7 Å². The fourth-order valence-corrected chi connectivity index (χ4v) is 5.75. The van der Waals surface area contributed by atoms with E-state index in [0.29, 0.717) is 20.7 Å². The molecule has 0 radical (unpaired) electrons. The van der Waals surface area contributed by atoms with Gasteiger partial charge in [0.2, 0.25) is 0 Å². The molecule has 2 aromatic rings. The highest BCUT2D eigenvalue weighted by Gasteiger charge is 2.59. The molecule has 3 aliphatic rings. The Labute approximate surface area is 225 Å². The van der Waals surface area contributed by atoms with Gasteiger partial charge >= 0.3 is 0 Å². The summed E-state index contributed by atoms with van der Waals surface area (Å²) >= 11 is 15.8. The van der Waals surface area contributed by atoms with E-state index >= 15 is 0 Å². The Morgan fingerprint density at radius 2 is 1.81 bits per heavy atom. The van der Waals surface area contributed by atoms with E-state index < -0.39 is 5.91 Å². The second-order valence-electron chi connectivity index (χ2n) is 8.70. The fraction of sp³-hybridized carbons (Fsp3) is 0.280. The third-order valence-corrected chi connectivity index (χ3v) is 8.31. The number of hydrazone groups is 1. The highest BCUT2D eigenvalue weighted by molar-refractivity contribution is 9.10. The number of amides is 3. The van der Waals surface area contributed by atoms with Crippen molar-refractivity contribution in [2.45, 2.75) is 6.42 Å². The van der Waals surface area contributed by atoms with Crippen molar-refractivity contribution in [1.29, 1.82) is 0 Å². The number of rotatable bonds is 7. The summed E-state index contributed by atoms with van der Waals surface area (Å²) < 4.78 is 11.5. The van der Waals surface area contributed by atoms with E-state index in [1.54, 1.807) is 30.3 Å². The summed E-state index contributed by atoms with van der Waals surface area (Å²) in [4.78, 5) is 38.0. The van der Waals surface area contributed by atoms with Crippen molar-refractivity contribution in [2.24, 2.45) is 28.8 Å². The van der Waals surface area contributed by atoms with Gasteiger partial charge in [-0.25, -0.2) is 0 Å². The van der Waals surface area contributed by atoms with E-state index in [9.17, 15) is 14.4 Å². The molecule has 2 bridgehead atoms. The summed E-state index contributed by atoms with van der Waals surface area (Å²) in [5, 5.41) is 8.55. The average Bonchev–Trinajstić information content (AvgIpc) is 3.55. The van der Waals surface area contributed by atoms with Crippen LogP contribution in [0.4, 0.5) is 5.69 Å². The van der Waals surface area contributed by atoms with Crippen LogP contribution in [-0.2, 0) is 14.4 Å². The van der Waals surface area contributed by atoms with Crippen LogP contribution < -0.4 is 14.8 Å². The van der Waals surface area contributed by atoms with Crippen LogP contribution in [-0.4, -0.2) is 42.7 Å². The van der Waals surface area contributed by atoms with E-state index in [4.69, 9.17) is 32.7 Å². The molecule has 1 aliphatic heterocycles. The Bertz CT molecular complexity index is 1280. The van der Waals surface area contributed by atoms with Crippen molar-refractivity contribution in [3.05, 3.63) is 62.6 Å². The Hall–Kier alpha value is -2.88. The number of hydrogen-bond donors (Lipinski definition) is 1. The average molecular weight is 593 g/mol. The van der Waals surface area contributed by atoms with Crippen LogP contribution in [0.25, 0.3) is 0 Å². The van der Waals surface area contributed by atoms with Gasteiger partial charge < -0.3 is 14.8 Å². The lowest BCUT2D eigenvalue weighted by atomic mass is 9.85. The Balaban J connectivity index is 1.30. The zero-order valence-corrected chi connectivity index (χ0v) is 22.0. The SMILES string of the molecule is COc1cc(C=NN2C(=O)[C@@H]3[C@H](C2=O)[C@H]2C=C[C@H]3C2)c(Br)c(Cl)c1OCC(=O)Nc1ccc(Cl)cc1. The number of carbonyl (C=O) groups excluding carboxylic acids is 3. The third kappa shape index (κ3) is 4.40. The van der Waals surface area contributed by atoms with Crippen molar-refractivity contribution in [2.75, 3.05) is 19.0 Å². The van der Waals surface area contributed by atoms with Crippen molar-refractivity contribution in [1.82, 2.24) is 5.01 Å². The maximum atomic E-state index is 12.9. The standard InChI is InChI=1S/C25H20BrCl2N3O5/c1-35-17-9-14(10-29-31-24(33)19-12-2-3-13(8-12)20(19)25(31)34)21(26)22(28)23(17)36-11-18(32)30-16-6-4-15(27)5-7-16/h2-7,9-10,12-13,19-20H,8,11H2,1H3,(H,30,32)/t12-,13-,19-,20+/m0/s1. The first-order valence-electron chi connectivity index (χ1n) is 11.1. The lowest BCUT2D eigenvalue weighted by molar-refractivity contribution is -0.140. The van der Waals surface area contributed by atoms with E-state index in [1.807, 2.05) is 12.2 Å². The largest absolute Gasteiger partial charge is 0.493 e. The van der Waals surface area contributed by atoms with E-state index in [0.717, 1.165) is 11.4 Å². The van der Waals surface area contributed by atoms with Crippen LogP contribution in [0.3, 0.4) is 0 Å². The van der Waals surface area contributed by atoms with E-state index in [2.05, 4.69) is 26.3 Å². The molecule has 2 fully saturated rings. The second kappa shape index (κ2) is 9.88. The third-order valence-electron chi connectivity index (χ3n) is 6.61. The van der Waals surface area contributed by atoms with Gasteiger partial charge in [0.1, 0.15) is 5.02 Å². The number of anilines is 1. The molecule has 186 valence electrons. The number of methoxy groups -OCH3 is 1. The predicted molar refractivity (Wildman–Crippen MR) is 138 cm³/mol. The molecular weight excluding hydrogens is 573 g/mol. The molecule has 11 heteroatoms. The Morgan fingerprint density at radius 1 is 1.17 bits per heavy atom. The molecule has 5 rings (SSSR count). The molecule has 1 saturated carbocycles. The number of halogens is 3. The van der Waals surface area contributed by atoms with Crippen LogP contribution in [0.2, 0.25) is 10.0 Å². The van der Waals surface area contributed by atoms with Crippen molar-refractivity contribution in [3.8, 4) is 11.5 Å². The van der Waals surface area contributed by atoms with Gasteiger partial charge in [-0.1, -0.05) is 35.4 Å². The maximum Gasteiger partial charge on any atom is 0.262 e. The van der Waals surface area contributed by atoms with Crippen molar-refractivity contribution < 1.29 is 23.9 Å². The van der Waals surface area contributed by atoms with Crippen LogP contribution in [0.5, 0.6) is 11.5 Å². The zero-order chi connectivity index (χ0) is 25.6. The molecule has 2 aliphatic carbocycles. The van der Waals surface area contributed by atoms with Crippen LogP contribution >= 0.6 is 39.1 Å². The lowest BCUT2D eigenvalue weighted by Gasteiger charge is -2.15. The quantitative estimate of drug-likeness (QED) is 0.279. The first-order valence-corrected chi connectivity index (χ1v) is 12.7. The van der Waals surface area contributed by atoms with Crippen LogP contribution in [0.15, 0.2) is 52.1 Å².